The van der Waals surface area contributed by atoms with Gasteiger partial charge in [0.05, 0.1) is 12.6 Å². The van der Waals surface area contributed by atoms with Gasteiger partial charge in [-0.15, -0.1) is 6.42 Å². The van der Waals surface area contributed by atoms with E-state index < -0.39 is 15.3 Å². The molecule has 0 saturated carbocycles. The molecule has 0 aliphatic carbocycles. The van der Waals surface area contributed by atoms with Crippen LogP contribution in [0, 0.1) is 12.3 Å². The highest BCUT2D eigenvalue weighted by Crippen LogP contribution is 2.22. The van der Waals surface area contributed by atoms with E-state index in [4.69, 9.17) is 11.2 Å². The molecular formula is C9H15NO3S. The summed E-state index contributed by atoms with van der Waals surface area (Å²) in [6, 6.07) is 0. The van der Waals surface area contributed by atoms with Crippen LogP contribution in [0.1, 0.15) is 13.3 Å². The molecule has 80 valence electrons. The number of ether oxygens (including phenoxy) is 1. The van der Waals surface area contributed by atoms with Gasteiger partial charge in [0.1, 0.15) is 5.25 Å². The largest absolute Gasteiger partial charge is 0.377 e. The van der Waals surface area contributed by atoms with Gasteiger partial charge in [-0.05, 0) is 13.3 Å². The predicted octanol–water partition coefficient (Wildman–Crippen LogP) is 0.0586. The van der Waals surface area contributed by atoms with Crippen LogP contribution in [0.15, 0.2) is 0 Å². The van der Waals surface area contributed by atoms with Crippen LogP contribution in [0.3, 0.4) is 0 Å². The average molecular weight is 217 g/mol. The van der Waals surface area contributed by atoms with Crippen molar-refractivity contribution in [3.8, 4) is 12.3 Å². The maximum absolute atomic E-state index is 11.9. The molecule has 2 unspecified atom stereocenters. The Morgan fingerprint density at radius 2 is 2.29 bits per heavy atom. The minimum atomic E-state index is -3.28. The molecule has 0 N–H and O–H groups in total. The zero-order chi connectivity index (χ0) is 10.8. The highest BCUT2D eigenvalue weighted by Gasteiger charge is 2.37. The topological polar surface area (TPSA) is 46.6 Å². The summed E-state index contributed by atoms with van der Waals surface area (Å²) in [4.78, 5) is 0. The summed E-state index contributed by atoms with van der Waals surface area (Å²) in [6.07, 6.45) is 5.39. The first-order valence-corrected chi connectivity index (χ1v) is 6.00. The predicted molar refractivity (Wildman–Crippen MR) is 54.2 cm³/mol. The lowest BCUT2D eigenvalue weighted by Crippen LogP contribution is -2.39. The Bertz CT molecular complexity index is 330. The molecule has 1 aliphatic heterocycles. The molecule has 1 aliphatic rings. The van der Waals surface area contributed by atoms with E-state index in [1.54, 1.807) is 6.92 Å². The molecular weight excluding hydrogens is 202 g/mol. The summed E-state index contributed by atoms with van der Waals surface area (Å²) >= 11 is 0. The van der Waals surface area contributed by atoms with Crippen LogP contribution in [0.4, 0.5) is 0 Å². The van der Waals surface area contributed by atoms with Crippen LogP contribution in [0.2, 0.25) is 0 Å². The standard InChI is InChI=1S/C9H15NO3S/c1-4-6-10(3)14(11,12)9-5-7-13-8(9)2/h1,8-9H,5-7H2,2-3H3. The van der Waals surface area contributed by atoms with Gasteiger partial charge in [0.25, 0.3) is 0 Å². The zero-order valence-corrected chi connectivity index (χ0v) is 9.25. The fraction of sp³-hybridized carbons (Fsp3) is 0.778. The summed E-state index contributed by atoms with van der Waals surface area (Å²) < 4.78 is 30.2. The Hall–Kier alpha value is -0.570. The minimum absolute atomic E-state index is 0.117. The van der Waals surface area contributed by atoms with Crippen LogP contribution in [0.25, 0.3) is 0 Å². The zero-order valence-electron chi connectivity index (χ0n) is 8.43. The summed E-state index contributed by atoms with van der Waals surface area (Å²) in [7, 11) is -1.78. The molecule has 0 bridgehead atoms. The summed E-state index contributed by atoms with van der Waals surface area (Å²) in [5.41, 5.74) is 0. The fourth-order valence-electron chi connectivity index (χ4n) is 1.55. The van der Waals surface area contributed by atoms with Crippen molar-refractivity contribution in [2.24, 2.45) is 0 Å². The molecule has 2 atom stereocenters. The second-order valence-corrected chi connectivity index (χ2v) is 5.67. The number of terminal acetylenes is 1. The average Bonchev–Trinajstić information content (AvgIpc) is 2.52. The third-order valence-electron chi connectivity index (χ3n) is 2.44. The SMILES string of the molecule is C#CCN(C)S(=O)(=O)C1CCOC1C. The van der Waals surface area contributed by atoms with Crippen molar-refractivity contribution in [2.75, 3.05) is 20.2 Å². The van der Waals surface area contributed by atoms with Crippen LogP contribution >= 0.6 is 0 Å². The van der Waals surface area contributed by atoms with Crippen LogP contribution in [0.5, 0.6) is 0 Å². The lowest BCUT2D eigenvalue weighted by Gasteiger charge is -2.21. The maximum atomic E-state index is 11.9. The third-order valence-corrected chi connectivity index (χ3v) is 4.82. The van der Waals surface area contributed by atoms with Crippen molar-refractivity contribution in [2.45, 2.75) is 24.7 Å². The third kappa shape index (κ3) is 2.08. The van der Waals surface area contributed by atoms with E-state index in [1.807, 2.05) is 0 Å². The summed E-state index contributed by atoms with van der Waals surface area (Å²) in [6.45, 7) is 2.40. The van der Waals surface area contributed by atoms with E-state index in [0.29, 0.717) is 13.0 Å². The van der Waals surface area contributed by atoms with Gasteiger partial charge in [0.15, 0.2) is 0 Å². The maximum Gasteiger partial charge on any atom is 0.220 e. The number of rotatable bonds is 3. The summed E-state index contributed by atoms with van der Waals surface area (Å²) in [5.74, 6) is 2.32. The van der Waals surface area contributed by atoms with Crippen molar-refractivity contribution in [1.82, 2.24) is 4.31 Å². The van der Waals surface area contributed by atoms with E-state index in [9.17, 15) is 8.42 Å². The van der Waals surface area contributed by atoms with E-state index in [1.165, 1.54) is 11.4 Å². The van der Waals surface area contributed by atoms with E-state index in [0.717, 1.165) is 0 Å². The van der Waals surface area contributed by atoms with Crippen molar-refractivity contribution in [3.63, 3.8) is 0 Å². The minimum Gasteiger partial charge on any atom is -0.377 e. The molecule has 1 heterocycles. The smallest absolute Gasteiger partial charge is 0.220 e. The van der Waals surface area contributed by atoms with E-state index >= 15 is 0 Å². The van der Waals surface area contributed by atoms with Gasteiger partial charge in [-0.1, -0.05) is 5.92 Å². The quantitative estimate of drug-likeness (QED) is 0.628. The van der Waals surface area contributed by atoms with E-state index in [-0.39, 0.29) is 12.6 Å². The monoisotopic (exact) mass is 217 g/mol. The fourth-order valence-corrected chi connectivity index (χ4v) is 3.23. The number of hydrogen-bond acceptors (Lipinski definition) is 3. The van der Waals surface area contributed by atoms with Crippen LogP contribution in [-0.2, 0) is 14.8 Å². The van der Waals surface area contributed by atoms with Gasteiger partial charge in [-0.2, -0.15) is 4.31 Å². The molecule has 5 heteroatoms. The molecule has 14 heavy (non-hydrogen) atoms. The Morgan fingerprint density at radius 3 is 2.71 bits per heavy atom. The first-order chi connectivity index (χ1) is 6.50. The molecule has 0 spiro atoms. The van der Waals surface area contributed by atoms with Crippen LogP contribution < -0.4 is 0 Å². The molecule has 0 aromatic carbocycles. The second kappa shape index (κ2) is 4.30. The van der Waals surface area contributed by atoms with Gasteiger partial charge < -0.3 is 4.74 Å². The van der Waals surface area contributed by atoms with Crippen molar-refractivity contribution in [1.29, 1.82) is 0 Å². The lowest BCUT2D eigenvalue weighted by atomic mass is 10.3. The molecule has 1 saturated heterocycles. The second-order valence-electron chi connectivity index (χ2n) is 3.41. The molecule has 4 nitrogen and oxygen atoms in total. The van der Waals surface area contributed by atoms with E-state index in [2.05, 4.69) is 5.92 Å². The Kier molecular flexibility index (Phi) is 3.53. The molecule has 1 rings (SSSR count). The highest BCUT2D eigenvalue weighted by molar-refractivity contribution is 7.89. The first kappa shape index (κ1) is 11.5. The van der Waals surface area contributed by atoms with Gasteiger partial charge in [0, 0.05) is 13.7 Å². The lowest BCUT2D eigenvalue weighted by molar-refractivity contribution is 0.126. The molecule has 0 amide bonds. The van der Waals surface area contributed by atoms with Crippen molar-refractivity contribution >= 4 is 10.0 Å². The number of hydrogen-bond donors (Lipinski definition) is 0. The van der Waals surface area contributed by atoms with Gasteiger partial charge in [0.2, 0.25) is 10.0 Å². The molecule has 1 fully saturated rings. The highest BCUT2D eigenvalue weighted by atomic mass is 32.2. The van der Waals surface area contributed by atoms with Gasteiger partial charge >= 0.3 is 0 Å². The first-order valence-electron chi connectivity index (χ1n) is 4.50. The Balaban J connectivity index is 2.80. The van der Waals surface area contributed by atoms with Crippen molar-refractivity contribution in [3.05, 3.63) is 0 Å². The van der Waals surface area contributed by atoms with Gasteiger partial charge in [-0.25, -0.2) is 8.42 Å². The molecule has 0 aromatic heterocycles. The Morgan fingerprint density at radius 1 is 1.64 bits per heavy atom. The number of nitrogens with zero attached hydrogens (tertiary/aromatic N) is 1. The summed E-state index contributed by atoms with van der Waals surface area (Å²) in [5, 5.41) is -0.444. The molecule has 0 aromatic rings. The van der Waals surface area contributed by atoms with Gasteiger partial charge in [-0.3, -0.25) is 0 Å². The number of sulfonamides is 1. The molecule has 0 radical (unpaired) electrons. The Labute approximate surface area is 85.3 Å². The normalized spacial score (nSPS) is 27.9. The van der Waals surface area contributed by atoms with Crippen molar-refractivity contribution < 1.29 is 13.2 Å². The van der Waals surface area contributed by atoms with Crippen LogP contribution in [-0.4, -0.2) is 44.3 Å².